The fourth-order valence-corrected chi connectivity index (χ4v) is 2.12. The number of aliphatic hydroxyl groups is 1. The smallest absolute Gasteiger partial charge is 0.248 e. The molecule has 2 rings (SSSR count). The lowest BCUT2D eigenvalue weighted by Crippen LogP contribution is -2.11. The fraction of sp³-hybridized carbons (Fsp3) is 0.133. The summed E-state index contributed by atoms with van der Waals surface area (Å²) in [6.45, 7) is 0.131. The van der Waals surface area contributed by atoms with Gasteiger partial charge in [-0.05, 0) is 42.0 Å². The van der Waals surface area contributed by atoms with Gasteiger partial charge in [-0.1, -0.05) is 28.1 Å². The molecule has 0 saturated carbocycles. The lowest BCUT2D eigenvalue weighted by molar-refractivity contribution is 0.0999. The van der Waals surface area contributed by atoms with E-state index in [1.165, 1.54) is 0 Å². The van der Waals surface area contributed by atoms with Gasteiger partial charge in [0.05, 0.1) is 0 Å². The number of ether oxygens (including phenoxy) is 1. The second-order valence-corrected chi connectivity index (χ2v) is 5.19. The van der Waals surface area contributed by atoms with Gasteiger partial charge in [-0.15, -0.1) is 0 Å². The van der Waals surface area contributed by atoms with E-state index in [2.05, 4.69) is 15.9 Å². The maximum atomic E-state index is 10.9. The van der Waals surface area contributed by atoms with E-state index in [1.54, 1.807) is 24.3 Å². The molecule has 0 aliphatic rings. The van der Waals surface area contributed by atoms with Crippen molar-refractivity contribution in [2.24, 2.45) is 5.73 Å². The number of carbonyl (C=O) groups excluding carboxylic acids is 1. The summed E-state index contributed by atoms with van der Waals surface area (Å²) in [6, 6.07) is 13.9. The van der Waals surface area contributed by atoms with Crippen LogP contribution in [0.5, 0.6) is 5.75 Å². The minimum atomic E-state index is -0.719. The van der Waals surface area contributed by atoms with Crippen molar-refractivity contribution in [3.8, 4) is 5.75 Å². The van der Waals surface area contributed by atoms with E-state index in [0.29, 0.717) is 11.3 Å². The van der Waals surface area contributed by atoms with E-state index in [4.69, 9.17) is 10.5 Å². The zero-order chi connectivity index (χ0) is 14.5. The molecule has 0 heterocycles. The molecule has 0 fully saturated rings. The summed E-state index contributed by atoms with van der Waals surface area (Å²) in [6.07, 6.45) is -0.719. The number of primary amides is 1. The molecule has 0 aliphatic heterocycles. The highest BCUT2D eigenvalue weighted by molar-refractivity contribution is 9.10. The SMILES string of the molecule is NC(=O)c1ccc(OCC(O)c2cccc(Br)c2)cc1. The lowest BCUT2D eigenvalue weighted by Gasteiger charge is -2.13. The summed E-state index contributed by atoms with van der Waals surface area (Å²) in [5.74, 6) is 0.0924. The topological polar surface area (TPSA) is 72.6 Å². The van der Waals surface area contributed by atoms with Gasteiger partial charge in [0, 0.05) is 10.0 Å². The van der Waals surface area contributed by atoms with Crippen molar-refractivity contribution in [2.75, 3.05) is 6.61 Å². The van der Waals surface area contributed by atoms with Gasteiger partial charge in [0.25, 0.3) is 0 Å². The Balaban J connectivity index is 1.96. The monoisotopic (exact) mass is 335 g/mol. The van der Waals surface area contributed by atoms with Gasteiger partial charge in [0.15, 0.2) is 0 Å². The van der Waals surface area contributed by atoms with E-state index in [-0.39, 0.29) is 6.61 Å². The van der Waals surface area contributed by atoms with Crippen molar-refractivity contribution in [1.82, 2.24) is 0 Å². The Morgan fingerprint density at radius 3 is 2.55 bits per heavy atom. The van der Waals surface area contributed by atoms with Crippen molar-refractivity contribution < 1.29 is 14.6 Å². The summed E-state index contributed by atoms with van der Waals surface area (Å²) in [4.78, 5) is 10.9. The third-order valence-corrected chi connectivity index (χ3v) is 3.27. The van der Waals surface area contributed by atoms with Crippen molar-refractivity contribution in [2.45, 2.75) is 6.10 Å². The van der Waals surface area contributed by atoms with E-state index in [1.807, 2.05) is 24.3 Å². The van der Waals surface area contributed by atoms with Gasteiger partial charge in [-0.25, -0.2) is 0 Å². The number of hydrogen-bond acceptors (Lipinski definition) is 3. The van der Waals surface area contributed by atoms with Crippen molar-refractivity contribution >= 4 is 21.8 Å². The summed E-state index contributed by atoms with van der Waals surface area (Å²) in [7, 11) is 0. The molecule has 4 nitrogen and oxygen atoms in total. The summed E-state index contributed by atoms with van der Waals surface area (Å²) < 4.78 is 6.38. The highest BCUT2D eigenvalue weighted by atomic mass is 79.9. The minimum absolute atomic E-state index is 0.131. The average molecular weight is 336 g/mol. The van der Waals surface area contributed by atoms with Crippen LogP contribution in [0.1, 0.15) is 22.0 Å². The predicted molar refractivity (Wildman–Crippen MR) is 79.6 cm³/mol. The number of carbonyl (C=O) groups is 1. The molecular weight excluding hydrogens is 322 g/mol. The molecule has 1 atom stereocenters. The first-order valence-corrected chi connectivity index (χ1v) is 6.82. The second kappa shape index (κ2) is 6.54. The molecule has 104 valence electrons. The first kappa shape index (κ1) is 14.6. The molecule has 1 unspecified atom stereocenters. The molecule has 0 spiro atoms. The van der Waals surface area contributed by atoms with Gasteiger partial charge in [0.2, 0.25) is 5.91 Å². The predicted octanol–water partition coefficient (Wildman–Crippen LogP) is 2.66. The number of rotatable bonds is 5. The van der Waals surface area contributed by atoms with Crippen molar-refractivity contribution in [1.29, 1.82) is 0 Å². The normalized spacial score (nSPS) is 11.9. The van der Waals surface area contributed by atoms with Gasteiger partial charge >= 0.3 is 0 Å². The molecular formula is C15H14BrNO3. The van der Waals surface area contributed by atoms with E-state index in [0.717, 1.165) is 10.0 Å². The van der Waals surface area contributed by atoms with Gasteiger partial charge in [0.1, 0.15) is 18.5 Å². The molecule has 0 saturated heterocycles. The van der Waals surface area contributed by atoms with Crippen LogP contribution in [0.15, 0.2) is 53.0 Å². The Bertz CT molecular complexity index is 598. The maximum absolute atomic E-state index is 10.9. The third kappa shape index (κ3) is 3.82. The van der Waals surface area contributed by atoms with Crippen LogP contribution >= 0.6 is 15.9 Å². The molecule has 0 bridgehead atoms. The molecule has 5 heteroatoms. The number of amides is 1. The quantitative estimate of drug-likeness (QED) is 0.882. The van der Waals surface area contributed by atoms with Crippen LogP contribution in [0.2, 0.25) is 0 Å². The van der Waals surface area contributed by atoms with Crippen LogP contribution in [0.4, 0.5) is 0 Å². The molecule has 0 aliphatic carbocycles. The molecule has 0 radical (unpaired) electrons. The Morgan fingerprint density at radius 2 is 1.95 bits per heavy atom. The lowest BCUT2D eigenvalue weighted by atomic mass is 10.1. The van der Waals surface area contributed by atoms with E-state index < -0.39 is 12.0 Å². The molecule has 3 N–H and O–H groups in total. The Hall–Kier alpha value is -1.85. The number of aliphatic hydroxyl groups excluding tert-OH is 1. The molecule has 2 aromatic rings. The summed E-state index contributed by atoms with van der Waals surface area (Å²) in [5, 5.41) is 10.0. The number of hydrogen-bond donors (Lipinski definition) is 2. The fourth-order valence-electron chi connectivity index (χ4n) is 1.70. The zero-order valence-corrected chi connectivity index (χ0v) is 12.2. The number of nitrogens with two attached hydrogens (primary N) is 1. The third-order valence-electron chi connectivity index (χ3n) is 2.78. The number of benzene rings is 2. The minimum Gasteiger partial charge on any atom is -0.491 e. The molecule has 1 amide bonds. The zero-order valence-electron chi connectivity index (χ0n) is 10.6. The Kier molecular flexibility index (Phi) is 4.76. The highest BCUT2D eigenvalue weighted by Gasteiger charge is 2.09. The van der Waals surface area contributed by atoms with E-state index >= 15 is 0 Å². The standard InChI is InChI=1S/C15H14BrNO3/c16-12-3-1-2-11(8-12)14(18)9-20-13-6-4-10(5-7-13)15(17)19/h1-8,14,18H,9H2,(H2,17,19). The van der Waals surface area contributed by atoms with Crippen LogP contribution in [0, 0.1) is 0 Å². The first-order chi connectivity index (χ1) is 9.56. The van der Waals surface area contributed by atoms with Crippen molar-refractivity contribution in [3.63, 3.8) is 0 Å². The van der Waals surface area contributed by atoms with Crippen LogP contribution in [0.25, 0.3) is 0 Å². The van der Waals surface area contributed by atoms with Crippen LogP contribution in [0.3, 0.4) is 0 Å². The Labute approximate surface area is 125 Å². The van der Waals surface area contributed by atoms with Gasteiger partial charge < -0.3 is 15.6 Å². The highest BCUT2D eigenvalue weighted by Crippen LogP contribution is 2.20. The first-order valence-electron chi connectivity index (χ1n) is 6.02. The van der Waals surface area contributed by atoms with Crippen LogP contribution in [-0.2, 0) is 0 Å². The molecule has 20 heavy (non-hydrogen) atoms. The second-order valence-electron chi connectivity index (χ2n) is 4.27. The van der Waals surface area contributed by atoms with Crippen LogP contribution < -0.4 is 10.5 Å². The van der Waals surface area contributed by atoms with Gasteiger partial charge in [-0.3, -0.25) is 4.79 Å². The summed E-state index contributed by atoms with van der Waals surface area (Å²) >= 11 is 3.35. The summed E-state index contributed by atoms with van der Waals surface area (Å²) in [5.41, 5.74) is 6.34. The van der Waals surface area contributed by atoms with Gasteiger partial charge in [-0.2, -0.15) is 0 Å². The van der Waals surface area contributed by atoms with Crippen molar-refractivity contribution in [3.05, 3.63) is 64.1 Å². The largest absolute Gasteiger partial charge is 0.491 e. The average Bonchev–Trinajstić information content (AvgIpc) is 2.45. The molecule has 0 aromatic heterocycles. The Morgan fingerprint density at radius 1 is 1.25 bits per heavy atom. The van der Waals surface area contributed by atoms with Crippen LogP contribution in [-0.4, -0.2) is 17.6 Å². The number of halogens is 1. The molecule has 2 aromatic carbocycles. The van der Waals surface area contributed by atoms with E-state index in [9.17, 15) is 9.90 Å². The maximum Gasteiger partial charge on any atom is 0.248 e.